The van der Waals surface area contributed by atoms with E-state index in [0.717, 1.165) is 51.4 Å². The standard InChI is InChI=1S/C70H133NO5/c1-3-5-7-9-11-13-15-17-18-19-20-21-22-23-24-26-29-32-35-39-42-46-50-54-58-62-68(73)67(66-72)71-69(74)63-59-55-51-47-43-40-36-33-30-27-25-28-31-34-37-41-45-49-53-57-61-65-76-70(75)64-60-56-52-48-44-38-16-14-12-10-8-6-4-2/h8,10,14,16,27,30,67-68,72-73H,3-7,9,11-13,15,17-26,28-29,31-66H2,1-2H3,(H,71,74)/b10-8-,16-14-,30-27-. The molecule has 0 aromatic rings. The second-order valence-electron chi connectivity index (χ2n) is 23.5. The fourth-order valence-electron chi connectivity index (χ4n) is 10.7. The summed E-state index contributed by atoms with van der Waals surface area (Å²) in [6.07, 6.45) is 83.2. The minimum atomic E-state index is -0.671. The molecular weight excluding hydrogens is 935 g/mol. The predicted molar refractivity (Wildman–Crippen MR) is 333 cm³/mol. The van der Waals surface area contributed by atoms with Crippen molar-refractivity contribution in [2.45, 2.75) is 386 Å². The number of allylic oxidation sites excluding steroid dienone is 6. The molecule has 0 aliphatic heterocycles. The summed E-state index contributed by atoms with van der Waals surface area (Å²) in [4.78, 5) is 24.6. The van der Waals surface area contributed by atoms with Crippen LogP contribution in [0, 0.1) is 0 Å². The number of rotatable bonds is 64. The van der Waals surface area contributed by atoms with Crippen LogP contribution in [0.15, 0.2) is 36.5 Å². The highest BCUT2D eigenvalue weighted by atomic mass is 16.5. The molecule has 0 spiro atoms. The number of amides is 1. The van der Waals surface area contributed by atoms with Crippen LogP contribution in [0.1, 0.15) is 373 Å². The number of ether oxygens (including phenoxy) is 1. The van der Waals surface area contributed by atoms with E-state index in [1.165, 1.54) is 289 Å². The van der Waals surface area contributed by atoms with Crippen LogP contribution in [0.2, 0.25) is 0 Å². The first-order chi connectivity index (χ1) is 37.5. The van der Waals surface area contributed by atoms with E-state index >= 15 is 0 Å². The maximum absolute atomic E-state index is 12.5. The molecule has 76 heavy (non-hydrogen) atoms. The third-order valence-corrected chi connectivity index (χ3v) is 15.9. The summed E-state index contributed by atoms with van der Waals surface area (Å²) in [7, 11) is 0. The van der Waals surface area contributed by atoms with Crippen LogP contribution in [0.3, 0.4) is 0 Å². The van der Waals surface area contributed by atoms with Crippen molar-refractivity contribution in [3.05, 3.63) is 36.5 Å². The lowest BCUT2D eigenvalue weighted by Crippen LogP contribution is -2.45. The van der Waals surface area contributed by atoms with Crippen LogP contribution < -0.4 is 5.32 Å². The second kappa shape index (κ2) is 65.6. The Morgan fingerprint density at radius 1 is 0.368 bits per heavy atom. The molecule has 2 unspecified atom stereocenters. The molecule has 0 aromatic heterocycles. The van der Waals surface area contributed by atoms with Crippen molar-refractivity contribution in [2.24, 2.45) is 0 Å². The molecule has 0 fully saturated rings. The van der Waals surface area contributed by atoms with E-state index in [-0.39, 0.29) is 18.5 Å². The smallest absolute Gasteiger partial charge is 0.305 e. The Labute approximate surface area is 474 Å². The van der Waals surface area contributed by atoms with E-state index in [4.69, 9.17) is 4.74 Å². The molecule has 0 saturated carbocycles. The topological polar surface area (TPSA) is 95.9 Å². The summed E-state index contributed by atoms with van der Waals surface area (Å²) < 4.78 is 5.47. The van der Waals surface area contributed by atoms with E-state index in [1.807, 2.05) is 0 Å². The molecule has 0 bridgehead atoms. The molecule has 6 nitrogen and oxygen atoms in total. The van der Waals surface area contributed by atoms with Crippen molar-refractivity contribution in [3.63, 3.8) is 0 Å². The molecule has 0 aromatic carbocycles. The minimum Gasteiger partial charge on any atom is -0.466 e. The van der Waals surface area contributed by atoms with Crippen molar-refractivity contribution in [3.8, 4) is 0 Å². The van der Waals surface area contributed by atoms with Gasteiger partial charge in [0.1, 0.15) is 0 Å². The van der Waals surface area contributed by atoms with Gasteiger partial charge in [0.05, 0.1) is 25.4 Å². The van der Waals surface area contributed by atoms with Gasteiger partial charge in [-0.2, -0.15) is 0 Å². The second-order valence-corrected chi connectivity index (χ2v) is 23.5. The van der Waals surface area contributed by atoms with Crippen LogP contribution in [-0.4, -0.2) is 47.4 Å². The van der Waals surface area contributed by atoms with Gasteiger partial charge in [0.25, 0.3) is 0 Å². The van der Waals surface area contributed by atoms with Crippen molar-refractivity contribution in [1.29, 1.82) is 0 Å². The molecule has 2 atom stereocenters. The lowest BCUT2D eigenvalue weighted by molar-refractivity contribution is -0.143. The molecule has 1 amide bonds. The Kier molecular flexibility index (Phi) is 63.9. The summed E-state index contributed by atoms with van der Waals surface area (Å²) in [5, 5.41) is 23.4. The van der Waals surface area contributed by atoms with Gasteiger partial charge in [-0.1, -0.05) is 320 Å². The minimum absolute atomic E-state index is 0.00658. The Balaban J connectivity index is 3.43. The highest BCUT2D eigenvalue weighted by Gasteiger charge is 2.20. The Morgan fingerprint density at radius 3 is 1.07 bits per heavy atom. The predicted octanol–water partition coefficient (Wildman–Crippen LogP) is 21.9. The molecule has 0 radical (unpaired) electrons. The maximum Gasteiger partial charge on any atom is 0.305 e. The van der Waals surface area contributed by atoms with Gasteiger partial charge in [0.2, 0.25) is 5.91 Å². The average molecular weight is 1070 g/mol. The number of aliphatic hydroxyl groups excluding tert-OH is 2. The SMILES string of the molecule is CCC/C=C\C/C=C\CCCCCCCC(=O)OCCCCCCCCCCCC/C=C\CCCCCCCCCC(=O)NC(CO)C(O)CCCCCCCCCCCCCCCCCCCCCCCCCCC. The molecule has 3 N–H and O–H groups in total. The third kappa shape index (κ3) is 61.3. The molecule has 0 saturated heterocycles. The van der Waals surface area contributed by atoms with Gasteiger partial charge in [0, 0.05) is 12.8 Å². The normalized spacial score (nSPS) is 12.7. The average Bonchev–Trinajstić information content (AvgIpc) is 3.42. The summed E-state index contributed by atoms with van der Waals surface area (Å²) in [5.74, 6) is -0.0456. The Morgan fingerprint density at radius 2 is 0.684 bits per heavy atom. The molecule has 0 aliphatic carbocycles. The van der Waals surface area contributed by atoms with Crippen LogP contribution >= 0.6 is 0 Å². The fourth-order valence-corrected chi connectivity index (χ4v) is 10.7. The van der Waals surface area contributed by atoms with E-state index in [0.29, 0.717) is 25.9 Å². The number of unbranched alkanes of at least 4 members (excludes halogenated alkanes) is 47. The van der Waals surface area contributed by atoms with E-state index in [1.54, 1.807) is 0 Å². The maximum atomic E-state index is 12.5. The van der Waals surface area contributed by atoms with Crippen LogP contribution in [-0.2, 0) is 14.3 Å². The van der Waals surface area contributed by atoms with Gasteiger partial charge in [-0.3, -0.25) is 9.59 Å². The Hall–Kier alpha value is -1.92. The van der Waals surface area contributed by atoms with E-state index in [2.05, 4.69) is 55.6 Å². The van der Waals surface area contributed by atoms with Gasteiger partial charge in [-0.25, -0.2) is 0 Å². The zero-order chi connectivity index (χ0) is 55.0. The summed E-state index contributed by atoms with van der Waals surface area (Å²) in [5.41, 5.74) is 0. The number of nitrogens with one attached hydrogen (secondary N) is 1. The quantitative estimate of drug-likeness (QED) is 0.0320. The third-order valence-electron chi connectivity index (χ3n) is 15.9. The summed E-state index contributed by atoms with van der Waals surface area (Å²) in [6, 6.07) is -0.549. The molecule has 6 heteroatoms. The van der Waals surface area contributed by atoms with Gasteiger partial charge in [-0.15, -0.1) is 0 Å². The van der Waals surface area contributed by atoms with Crippen LogP contribution in [0.25, 0.3) is 0 Å². The number of hydrogen-bond acceptors (Lipinski definition) is 5. The van der Waals surface area contributed by atoms with Crippen molar-refractivity contribution in [2.75, 3.05) is 13.2 Å². The largest absolute Gasteiger partial charge is 0.466 e. The van der Waals surface area contributed by atoms with Crippen molar-refractivity contribution >= 4 is 11.9 Å². The molecular formula is C70H133NO5. The highest BCUT2D eigenvalue weighted by molar-refractivity contribution is 5.76. The first-order valence-electron chi connectivity index (χ1n) is 34.2. The zero-order valence-electron chi connectivity index (χ0n) is 51.3. The first kappa shape index (κ1) is 74.1. The lowest BCUT2D eigenvalue weighted by Gasteiger charge is -2.22. The van der Waals surface area contributed by atoms with Crippen LogP contribution in [0.4, 0.5) is 0 Å². The van der Waals surface area contributed by atoms with Gasteiger partial charge in [-0.05, 0) is 77.0 Å². The number of hydrogen-bond donors (Lipinski definition) is 3. The summed E-state index contributed by atoms with van der Waals surface area (Å²) in [6.45, 7) is 4.90. The number of esters is 1. The van der Waals surface area contributed by atoms with Crippen LogP contribution in [0.5, 0.6) is 0 Å². The number of carbonyl (C=O) groups excluding carboxylic acids is 2. The van der Waals surface area contributed by atoms with Gasteiger partial charge in [0.15, 0.2) is 0 Å². The van der Waals surface area contributed by atoms with Gasteiger partial charge < -0.3 is 20.3 Å². The van der Waals surface area contributed by atoms with Gasteiger partial charge >= 0.3 is 5.97 Å². The molecule has 0 rings (SSSR count). The zero-order valence-corrected chi connectivity index (χ0v) is 51.3. The Bertz CT molecular complexity index is 1230. The number of aliphatic hydroxyl groups is 2. The van der Waals surface area contributed by atoms with Crippen molar-refractivity contribution in [1.82, 2.24) is 5.32 Å². The highest BCUT2D eigenvalue weighted by Crippen LogP contribution is 2.18. The molecule has 448 valence electrons. The van der Waals surface area contributed by atoms with Crippen molar-refractivity contribution < 1.29 is 24.5 Å². The summed E-state index contributed by atoms with van der Waals surface area (Å²) >= 11 is 0. The fraction of sp³-hybridized carbons (Fsp3) is 0.886. The molecule has 0 heterocycles. The number of carbonyl (C=O) groups is 2. The molecule has 0 aliphatic rings. The lowest BCUT2D eigenvalue weighted by atomic mass is 10.0. The van der Waals surface area contributed by atoms with E-state index in [9.17, 15) is 19.8 Å². The van der Waals surface area contributed by atoms with E-state index < -0.39 is 12.1 Å². The monoisotopic (exact) mass is 1070 g/mol. The first-order valence-corrected chi connectivity index (χ1v) is 34.2.